The first-order valence-electron chi connectivity index (χ1n) is 5.21. The van der Waals surface area contributed by atoms with Gasteiger partial charge in [-0.05, 0) is 20.8 Å². The molecule has 1 heterocycles. The lowest BCUT2D eigenvalue weighted by atomic mass is 10.1. The van der Waals surface area contributed by atoms with Crippen LogP contribution in [0, 0.1) is 0 Å². The maximum Gasteiger partial charge on any atom is 0.231 e. The Morgan fingerprint density at radius 3 is 2.00 bits per heavy atom. The highest BCUT2D eigenvalue weighted by molar-refractivity contribution is 5.43. The summed E-state index contributed by atoms with van der Waals surface area (Å²) in [5, 5.41) is 6.14. The second-order valence-corrected chi connectivity index (χ2v) is 4.80. The minimum atomic E-state index is -0.0735. The molecule has 0 aliphatic rings. The molecule has 0 aromatic carbocycles. The predicted octanol–water partition coefficient (Wildman–Crippen LogP) is 1.19. The first-order chi connectivity index (χ1) is 7.31. The fraction of sp³-hybridized carbons (Fsp3) is 0.700. The maximum atomic E-state index is 4.32. The van der Waals surface area contributed by atoms with E-state index in [9.17, 15) is 0 Å². The van der Waals surface area contributed by atoms with E-state index in [1.807, 2.05) is 19.0 Å². The fourth-order valence-corrected chi connectivity index (χ4v) is 1.07. The van der Waals surface area contributed by atoms with Gasteiger partial charge < -0.3 is 15.5 Å². The Labute approximate surface area is 96.5 Å². The fourth-order valence-electron chi connectivity index (χ4n) is 1.07. The lowest BCUT2D eigenvalue weighted by Gasteiger charge is -2.21. The van der Waals surface area contributed by atoms with Crippen molar-refractivity contribution in [1.82, 2.24) is 15.0 Å². The second kappa shape index (κ2) is 4.51. The summed E-state index contributed by atoms with van der Waals surface area (Å²) in [5.41, 5.74) is -0.0735. The molecule has 0 unspecified atom stereocenters. The molecule has 0 fully saturated rings. The van der Waals surface area contributed by atoms with E-state index in [2.05, 4.69) is 46.4 Å². The van der Waals surface area contributed by atoms with Crippen LogP contribution in [0.5, 0.6) is 0 Å². The summed E-state index contributed by atoms with van der Waals surface area (Å²) in [4.78, 5) is 14.6. The van der Waals surface area contributed by atoms with Gasteiger partial charge in [-0.3, -0.25) is 0 Å². The molecule has 0 spiro atoms. The highest BCUT2D eigenvalue weighted by Crippen LogP contribution is 2.14. The number of aromatic nitrogens is 3. The molecule has 0 atom stereocenters. The van der Waals surface area contributed by atoms with Crippen molar-refractivity contribution in [3.8, 4) is 0 Å². The van der Waals surface area contributed by atoms with E-state index in [1.165, 1.54) is 0 Å². The van der Waals surface area contributed by atoms with E-state index in [-0.39, 0.29) is 5.54 Å². The summed E-state index contributed by atoms with van der Waals surface area (Å²) in [6.45, 7) is 6.18. The average Bonchev–Trinajstić information content (AvgIpc) is 2.14. The third kappa shape index (κ3) is 3.52. The Kier molecular flexibility index (Phi) is 3.51. The van der Waals surface area contributed by atoms with Crippen LogP contribution in [0.2, 0.25) is 0 Å². The maximum absolute atomic E-state index is 4.32. The van der Waals surface area contributed by atoms with Gasteiger partial charge >= 0.3 is 0 Å². The van der Waals surface area contributed by atoms with Gasteiger partial charge in [0, 0.05) is 26.7 Å². The topological polar surface area (TPSA) is 66.0 Å². The van der Waals surface area contributed by atoms with Crippen molar-refractivity contribution in [3.05, 3.63) is 0 Å². The molecule has 0 saturated carbocycles. The highest BCUT2D eigenvalue weighted by atomic mass is 15.3. The molecule has 0 radical (unpaired) electrons. The first kappa shape index (κ1) is 12.5. The van der Waals surface area contributed by atoms with Crippen LogP contribution in [-0.4, -0.2) is 41.6 Å². The van der Waals surface area contributed by atoms with Gasteiger partial charge in [0.1, 0.15) is 0 Å². The van der Waals surface area contributed by atoms with Crippen molar-refractivity contribution >= 4 is 17.8 Å². The largest absolute Gasteiger partial charge is 0.357 e. The number of rotatable bonds is 3. The van der Waals surface area contributed by atoms with Crippen LogP contribution in [0.3, 0.4) is 0 Å². The van der Waals surface area contributed by atoms with Gasteiger partial charge in [0.2, 0.25) is 17.8 Å². The van der Waals surface area contributed by atoms with E-state index in [4.69, 9.17) is 0 Å². The Bertz CT molecular complexity index is 355. The highest BCUT2D eigenvalue weighted by Gasteiger charge is 2.13. The summed E-state index contributed by atoms with van der Waals surface area (Å²) in [5.74, 6) is 1.77. The summed E-state index contributed by atoms with van der Waals surface area (Å²) in [6, 6.07) is 0. The van der Waals surface area contributed by atoms with E-state index in [0.717, 1.165) is 0 Å². The zero-order valence-corrected chi connectivity index (χ0v) is 10.8. The van der Waals surface area contributed by atoms with Crippen molar-refractivity contribution in [2.75, 3.05) is 36.7 Å². The number of nitrogens with zero attached hydrogens (tertiary/aromatic N) is 4. The molecule has 1 rings (SSSR count). The molecule has 16 heavy (non-hydrogen) atoms. The molecule has 0 bridgehead atoms. The van der Waals surface area contributed by atoms with E-state index in [0.29, 0.717) is 17.8 Å². The summed E-state index contributed by atoms with van der Waals surface area (Å²) < 4.78 is 0. The Morgan fingerprint density at radius 1 is 1.00 bits per heavy atom. The smallest absolute Gasteiger partial charge is 0.231 e. The van der Waals surface area contributed by atoms with Crippen LogP contribution in [-0.2, 0) is 0 Å². The van der Waals surface area contributed by atoms with Gasteiger partial charge in [-0.2, -0.15) is 15.0 Å². The molecule has 90 valence electrons. The van der Waals surface area contributed by atoms with Crippen molar-refractivity contribution in [3.63, 3.8) is 0 Å². The summed E-state index contributed by atoms with van der Waals surface area (Å²) in [6.07, 6.45) is 0. The number of anilines is 3. The molecule has 2 N–H and O–H groups in total. The monoisotopic (exact) mass is 224 g/mol. The van der Waals surface area contributed by atoms with Gasteiger partial charge in [0.15, 0.2) is 0 Å². The van der Waals surface area contributed by atoms with Gasteiger partial charge in [-0.25, -0.2) is 0 Å². The zero-order valence-electron chi connectivity index (χ0n) is 10.8. The first-order valence-corrected chi connectivity index (χ1v) is 5.21. The van der Waals surface area contributed by atoms with Gasteiger partial charge in [0.25, 0.3) is 0 Å². The average molecular weight is 224 g/mol. The normalized spacial score (nSPS) is 11.1. The summed E-state index contributed by atoms with van der Waals surface area (Å²) in [7, 11) is 5.58. The second-order valence-electron chi connectivity index (χ2n) is 4.80. The minimum Gasteiger partial charge on any atom is -0.357 e. The SMILES string of the molecule is CNc1nc(NC(C)(C)C)nc(N(C)C)n1. The molecular weight excluding hydrogens is 204 g/mol. The van der Waals surface area contributed by atoms with Gasteiger partial charge in [-0.15, -0.1) is 0 Å². The van der Waals surface area contributed by atoms with E-state index >= 15 is 0 Å². The van der Waals surface area contributed by atoms with Crippen molar-refractivity contribution < 1.29 is 0 Å². The van der Waals surface area contributed by atoms with Crippen LogP contribution in [0.15, 0.2) is 0 Å². The lowest BCUT2D eigenvalue weighted by Crippen LogP contribution is -2.28. The molecule has 0 amide bonds. The quantitative estimate of drug-likeness (QED) is 0.804. The third-order valence-electron chi connectivity index (χ3n) is 1.73. The number of hydrogen-bond acceptors (Lipinski definition) is 6. The summed E-state index contributed by atoms with van der Waals surface area (Å²) >= 11 is 0. The van der Waals surface area contributed by atoms with Crippen LogP contribution in [0.1, 0.15) is 20.8 Å². The Morgan fingerprint density at radius 2 is 1.56 bits per heavy atom. The lowest BCUT2D eigenvalue weighted by molar-refractivity contribution is 0.625. The molecule has 0 saturated heterocycles. The molecule has 0 aliphatic carbocycles. The van der Waals surface area contributed by atoms with Gasteiger partial charge in [-0.1, -0.05) is 0 Å². The molecular formula is C10H20N6. The van der Waals surface area contributed by atoms with Crippen LogP contribution in [0.4, 0.5) is 17.8 Å². The van der Waals surface area contributed by atoms with Crippen LogP contribution >= 0.6 is 0 Å². The molecule has 1 aromatic rings. The number of nitrogens with one attached hydrogen (secondary N) is 2. The zero-order chi connectivity index (χ0) is 12.3. The molecule has 6 heteroatoms. The van der Waals surface area contributed by atoms with Gasteiger partial charge in [0.05, 0.1) is 0 Å². The van der Waals surface area contributed by atoms with E-state index < -0.39 is 0 Å². The Balaban J connectivity index is 3.04. The predicted molar refractivity (Wildman–Crippen MR) is 67.1 cm³/mol. The number of hydrogen-bond donors (Lipinski definition) is 2. The van der Waals surface area contributed by atoms with Crippen LogP contribution in [0.25, 0.3) is 0 Å². The van der Waals surface area contributed by atoms with Crippen LogP contribution < -0.4 is 15.5 Å². The van der Waals surface area contributed by atoms with E-state index in [1.54, 1.807) is 7.05 Å². The third-order valence-corrected chi connectivity index (χ3v) is 1.73. The standard InChI is InChI=1S/C10H20N6/c1-10(2,3)15-8-12-7(11-4)13-9(14-8)16(5)6/h1-6H3,(H2,11,12,13,14,15). The van der Waals surface area contributed by atoms with Crippen molar-refractivity contribution in [1.29, 1.82) is 0 Å². The Hall–Kier alpha value is -1.59. The minimum absolute atomic E-state index is 0.0735. The molecule has 0 aliphatic heterocycles. The van der Waals surface area contributed by atoms with Crippen molar-refractivity contribution in [2.24, 2.45) is 0 Å². The molecule has 1 aromatic heterocycles. The molecule has 6 nitrogen and oxygen atoms in total. The van der Waals surface area contributed by atoms with Crippen molar-refractivity contribution in [2.45, 2.75) is 26.3 Å².